The Kier molecular flexibility index (Phi) is 2.52. The van der Waals surface area contributed by atoms with Crippen molar-refractivity contribution in [3.63, 3.8) is 0 Å². The van der Waals surface area contributed by atoms with E-state index in [1.807, 2.05) is 18.3 Å². The first-order chi connectivity index (χ1) is 9.00. The van der Waals surface area contributed by atoms with Crippen molar-refractivity contribution in [2.45, 2.75) is 26.2 Å². The van der Waals surface area contributed by atoms with Crippen LogP contribution >= 0.6 is 0 Å². The second-order valence-corrected chi connectivity index (χ2v) is 5.80. The van der Waals surface area contributed by atoms with Gasteiger partial charge in [0, 0.05) is 29.1 Å². The van der Waals surface area contributed by atoms with Gasteiger partial charge in [0.1, 0.15) is 0 Å². The molecule has 1 aliphatic heterocycles. The van der Waals surface area contributed by atoms with E-state index in [0.29, 0.717) is 0 Å². The van der Waals surface area contributed by atoms with Crippen molar-refractivity contribution in [3.05, 3.63) is 41.7 Å². The van der Waals surface area contributed by atoms with Crippen LogP contribution in [-0.4, -0.2) is 17.3 Å². The number of carbonyl (C=O) groups is 1. The Labute approximate surface area is 112 Å². The van der Waals surface area contributed by atoms with Crippen LogP contribution in [0.4, 0.5) is 0 Å². The topological polar surface area (TPSA) is 44.9 Å². The van der Waals surface area contributed by atoms with Gasteiger partial charge in [0.25, 0.3) is 0 Å². The number of nitrogens with one attached hydrogen (secondary N) is 2. The molecule has 0 aliphatic carbocycles. The molecule has 0 radical (unpaired) electrons. The number of fused-ring (bicyclic) bond motifs is 3. The van der Waals surface area contributed by atoms with Gasteiger partial charge < -0.3 is 10.3 Å². The lowest BCUT2D eigenvalue weighted by Gasteiger charge is -2.24. The van der Waals surface area contributed by atoms with Crippen LogP contribution in [0.15, 0.2) is 30.5 Å². The van der Waals surface area contributed by atoms with Crippen LogP contribution in [0.25, 0.3) is 16.5 Å². The minimum atomic E-state index is -0.0252. The molecule has 1 aromatic heterocycles. The van der Waals surface area contributed by atoms with Gasteiger partial charge in [-0.05, 0) is 18.6 Å². The standard InChI is InChI=1S/C16H18N2O/c1-10(19)12-8-17-9-16(2,3)14-11-6-4-5-7-13(11)18-15(12)14/h4-8,17-18H,9H2,1-3H3. The predicted molar refractivity (Wildman–Crippen MR) is 78.0 cm³/mol. The van der Waals surface area contributed by atoms with Gasteiger partial charge in [-0.1, -0.05) is 32.0 Å². The number of carbonyl (C=O) groups excluding carboxylic acids is 1. The Morgan fingerprint density at radius 2 is 2.00 bits per heavy atom. The zero-order valence-electron chi connectivity index (χ0n) is 11.5. The molecule has 2 heterocycles. The van der Waals surface area contributed by atoms with Gasteiger partial charge in [0.05, 0.1) is 11.3 Å². The van der Waals surface area contributed by atoms with Crippen molar-refractivity contribution in [1.82, 2.24) is 10.3 Å². The molecule has 0 saturated heterocycles. The second kappa shape index (κ2) is 3.98. The lowest BCUT2D eigenvalue weighted by molar-refractivity contribution is -0.111. The summed E-state index contributed by atoms with van der Waals surface area (Å²) < 4.78 is 0. The molecule has 19 heavy (non-hydrogen) atoms. The Balaban J connectivity index is 2.39. The summed E-state index contributed by atoms with van der Waals surface area (Å²) in [6.45, 7) is 6.84. The molecular formula is C16H18N2O. The highest BCUT2D eigenvalue weighted by atomic mass is 16.1. The molecule has 1 aliphatic rings. The fourth-order valence-electron chi connectivity index (χ4n) is 2.89. The fourth-order valence-corrected chi connectivity index (χ4v) is 2.89. The van der Waals surface area contributed by atoms with Crippen LogP contribution in [0.5, 0.6) is 0 Å². The molecule has 2 aromatic rings. The van der Waals surface area contributed by atoms with Gasteiger partial charge in [-0.25, -0.2) is 0 Å². The van der Waals surface area contributed by atoms with Gasteiger partial charge >= 0.3 is 0 Å². The summed E-state index contributed by atoms with van der Waals surface area (Å²) in [5.74, 6) is 0.0815. The number of aromatic nitrogens is 1. The maximum atomic E-state index is 11.9. The van der Waals surface area contributed by atoms with E-state index < -0.39 is 0 Å². The number of hydrogen-bond donors (Lipinski definition) is 2. The summed E-state index contributed by atoms with van der Waals surface area (Å²) in [5.41, 5.74) is 3.99. The van der Waals surface area contributed by atoms with Gasteiger partial charge in [0.15, 0.2) is 5.78 Å². The van der Waals surface area contributed by atoms with E-state index in [1.165, 1.54) is 10.9 Å². The average Bonchev–Trinajstić information content (AvgIpc) is 2.67. The number of Topliss-reactive ketones (excluding diaryl/α,β-unsaturated/α-hetero) is 1. The maximum Gasteiger partial charge on any atom is 0.163 e. The van der Waals surface area contributed by atoms with E-state index in [9.17, 15) is 4.79 Å². The molecule has 0 amide bonds. The van der Waals surface area contributed by atoms with Gasteiger partial charge in [-0.2, -0.15) is 0 Å². The number of para-hydroxylation sites is 1. The van der Waals surface area contributed by atoms with Gasteiger partial charge in [-0.3, -0.25) is 4.79 Å². The highest BCUT2D eigenvalue weighted by Gasteiger charge is 2.31. The Morgan fingerprint density at radius 1 is 1.26 bits per heavy atom. The molecule has 0 bridgehead atoms. The third-order valence-corrected chi connectivity index (χ3v) is 3.82. The van der Waals surface area contributed by atoms with Crippen LogP contribution in [-0.2, 0) is 10.2 Å². The van der Waals surface area contributed by atoms with Crippen molar-refractivity contribution in [2.24, 2.45) is 0 Å². The first-order valence-corrected chi connectivity index (χ1v) is 6.57. The van der Waals surface area contributed by atoms with E-state index in [0.717, 1.165) is 23.3 Å². The third kappa shape index (κ3) is 1.77. The predicted octanol–water partition coefficient (Wildman–Crippen LogP) is 2.98. The summed E-state index contributed by atoms with van der Waals surface area (Å²) in [7, 11) is 0. The van der Waals surface area contributed by atoms with Gasteiger partial charge in [-0.15, -0.1) is 0 Å². The number of benzene rings is 1. The molecule has 0 saturated carbocycles. The highest BCUT2D eigenvalue weighted by Crippen LogP contribution is 2.38. The number of hydrogen-bond acceptors (Lipinski definition) is 2. The number of H-pyrrole nitrogens is 1. The quantitative estimate of drug-likeness (QED) is 0.821. The second-order valence-electron chi connectivity index (χ2n) is 5.80. The molecule has 3 heteroatoms. The SMILES string of the molecule is CC(=O)C1=CNCC(C)(C)c2c1[nH]c1ccccc21. The molecule has 0 unspecified atom stereocenters. The first-order valence-electron chi connectivity index (χ1n) is 6.57. The number of allylic oxidation sites excluding steroid dienone is 1. The van der Waals surface area contributed by atoms with Crippen LogP contribution in [0.3, 0.4) is 0 Å². The zero-order chi connectivity index (χ0) is 13.6. The smallest absolute Gasteiger partial charge is 0.163 e. The first kappa shape index (κ1) is 12.0. The highest BCUT2D eigenvalue weighted by molar-refractivity contribution is 6.20. The largest absolute Gasteiger partial charge is 0.389 e. The lowest BCUT2D eigenvalue weighted by atomic mass is 9.82. The van der Waals surface area contributed by atoms with Crippen molar-refractivity contribution in [3.8, 4) is 0 Å². The van der Waals surface area contributed by atoms with Crippen molar-refractivity contribution in [1.29, 1.82) is 0 Å². The van der Waals surface area contributed by atoms with Crippen LogP contribution < -0.4 is 5.32 Å². The summed E-state index contributed by atoms with van der Waals surface area (Å²) in [6.07, 6.45) is 1.84. The number of rotatable bonds is 1. The lowest BCUT2D eigenvalue weighted by Crippen LogP contribution is -2.29. The van der Waals surface area contributed by atoms with E-state index >= 15 is 0 Å². The van der Waals surface area contributed by atoms with Crippen molar-refractivity contribution < 1.29 is 4.79 Å². The van der Waals surface area contributed by atoms with E-state index in [4.69, 9.17) is 0 Å². The zero-order valence-corrected chi connectivity index (χ0v) is 11.5. The normalized spacial score (nSPS) is 17.3. The van der Waals surface area contributed by atoms with Gasteiger partial charge in [0.2, 0.25) is 0 Å². The fraction of sp³-hybridized carbons (Fsp3) is 0.312. The summed E-state index contributed by atoms with van der Waals surface area (Å²) in [5, 5.41) is 4.47. The summed E-state index contributed by atoms with van der Waals surface area (Å²) >= 11 is 0. The monoisotopic (exact) mass is 254 g/mol. The number of aromatic amines is 1. The average molecular weight is 254 g/mol. The van der Waals surface area contributed by atoms with E-state index in [1.54, 1.807) is 6.92 Å². The van der Waals surface area contributed by atoms with Crippen molar-refractivity contribution in [2.75, 3.05) is 6.54 Å². The molecule has 0 spiro atoms. The minimum absolute atomic E-state index is 0.0252. The van der Waals surface area contributed by atoms with Crippen LogP contribution in [0, 0.1) is 0 Å². The third-order valence-electron chi connectivity index (χ3n) is 3.82. The Hall–Kier alpha value is -2.03. The molecule has 0 atom stereocenters. The van der Waals surface area contributed by atoms with Crippen LogP contribution in [0.2, 0.25) is 0 Å². The summed E-state index contributed by atoms with van der Waals surface area (Å²) in [6, 6.07) is 8.24. The Bertz CT molecular complexity index is 692. The van der Waals surface area contributed by atoms with E-state index in [-0.39, 0.29) is 11.2 Å². The molecule has 3 nitrogen and oxygen atoms in total. The molecular weight excluding hydrogens is 236 g/mol. The van der Waals surface area contributed by atoms with Crippen molar-refractivity contribution >= 4 is 22.3 Å². The Morgan fingerprint density at radius 3 is 2.74 bits per heavy atom. The molecule has 0 fully saturated rings. The summed E-state index contributed by atoms with van der Waals surface area (Å²) in [4.78, 5) is 15.3. The minimum Gasteiger partial charge on any atom is -0.389 e. The van der Waals surface area contributed by atoms with Crippen LogP contribution in [0.1, 0.15) is 32.0 Å². The van der Waals surface area contributed by atoms with E-state index in [2.05, 4.69) is 36.3 Å². The molecule has 2 N–H and O–H groups in total. The molecule has 98 valence electrons. The molecule has 3 rings (SSSR count). The number of ketones is 1. The molecule has 1 aromatic carbocycles. The maximum absolute atomic E-state index is 11.9.